The van der Waals surface area contributed by atoms with E-state index in [1.54, 1.807) is 11.3 Å². The second-order valence-electron chi connectivity index (χ2n) is 5.02. The summed E-state index contributed by atoms with van der Waals surface area (Å²) in [6, 6.07) is 12.4. The van der Waals surface area contributed by atoms with E-state index in [1.165, 1.54) is 0 Å². The summed E-state index contributed by atoms with van der Waals surface area (Å²) < 4.78 is 0. The van der Waals surface area contributed by atoms with Crippen LogP contribution in [0.15, 0.2) is 54.2 Å². The van der Waals surface area contributed by atoms with Gasteiger partial charge in [0.1, 0.15) is 10.7 Å². The van der Waals surface area contributed by atoms with Crippen molar-refractivity contribution in [2.75, 3.05) is 0 Å². The molecule has 0 aliphatic rings. The molecule has 3 heterocycles. The average Bonchev–Trinajstić information content (AvgIpc) is 3.14. The first kappa shape index (κ1) is 12.3. The van der Waals surface area contributed by atoms with Gasteiger partial charge in [-0.15, -0.1) is 11.3 Å². The van der Waals surface area contributed by atoms with Crippen LogP contribution in [-0.4, -0.2) is 15.0 Å². The summed E-state index contributed by atoms with van der Waals surface area (Å²) in [6.45, 7) is 2.06. The van der Waals surface area contributed by atoms with Gasteiger partial charge in [0.25, 0.3) is 0 Å². The first-order valence-electron chi connectivity index (χ1n) is 6.76. The van der Waals surface area contributed by atoms with Crippen molar-refractivity contribution >= 4 is 22.4 Å². The number of aromatic nitrogens is 3. The smallest absolute Gasteiger partial charge is 0.137 e. The minimum absolute atomic E-state index is 0.909. The van der Waals surface area contributed by atoms with Crippen LogP contribution in [0.2, 0.25) is 0 Å². The van der Waals surface area contributed by atoms with Gasteiger partial charge in [-0.1, -0.05) is 30.3 Å². The maximum absolute atomic E-state index is 4.77. The number of nitrogens with zero attached hydrogens (tertiary/aromatic N) is 2. The van der Waals surface area contributed by atoms with Crippen LogP contribution in [0.3, 0.4) is 0 Å². The van der Waals surface area contributed by atoms with Gasteiger partial charge in [-0.05, 0) is 18.6 Å². The average molecular weight is 291 g/mol. The third-order valence-corrected chi connectivity index (χ3v) is 4.35. The standard InChI is InChI=1S/C17H13N3S/c1-11-7-13-14(9-19-16(13)18-8-11)17-20-15(10-21-17)12-5-3-2-4-6-12/h2-10H,1H3,(H,18,19). The number of pyridine rings is 1. The molecule has 4 heteroatoms. The van der Waals surface area contributed by atoms with Gasteiger partial charge < -0.3 is 4.98 Å². The lowest BCUT2D eigenvalue weighted by atomic mass is 10.1. The minimum atomic E-state index is 0.909. The Balaban J connectivity index is 1.83. The first-order valence-corrected chi connectivity index (χ1v) is 7.64. The van der Waals surface area contributed by atoms with E-state index >= 15 is 0 Å². The number of thiazole rings is 1. The van der Waals surface area contributed by atoms with Crippen LogP contribution in [0.4, 0.5) is 0 Å². The number of benzene rings is 1. The maximum Gasteiger partial charge on any atom is 0.137 e. The quantitative estimate of drug-likeness (QED) is 0.583. The lowest BCUT2D eigenvalue weighted by Crippen LogP contribution is -1.80. The number of fused-ring (bicyclic) bond motifs is 1. The molecule has 0 saturated carbocycles. The van der Waals surface area contributed by atoms with Gasteiger partial charge in [0.05, 0.1) is 5.69 Å². The lowest BCUT2D eigenvalue weighted by molar-refractivity contribution is 1.29. The van der Waals surface area contributed by atoms with E-state index < -0.39 is 0 Å². The fraction of sp³-hybridized carbons (Fsp3) is 0.0588. The van der Waals surface area contributed by atoms with E-state index in [-0.39, 0.29) is 0 Å². The number of aromatic amines is 1. The summed E-state index contributed by atoms with van der Waals surface area (Å²) in [7, 11) is 0. The molecule has 4 aromatic rings. The van der Waals surface area contributed by atoms with Gasteiger partial charge in [-0.25, -0.2) is 9.97 Å². The van der Waals surface area contributed by atoms with Crippen LogP contribution in [0.25, 0.3) is 32.9 Å². The zero-order chi connectivity index (χ0) is 14.2. The van der Waals surface area contributed by atoms with Crippen molar-refractivity contribution < 1.29 is 0 Å². The van der Waals surface area contributed by atoms with E-state index in [2.05, 4.69) is 40.5 Å². The highest BCUT2D eigenvalue weighted by molar-refractivity contribution is 7.13. The minimum Gasteiger partial charge on any atom is -0.345 e. The van der Waals surface area contributed by atoms with E-state index in [0.717, 1.165) is 38.4 Å². The van der Waals surface area contributed by atoms with E-state index in [0.29, 0.717) is 0 Å². The molecule has 0 bridgehead atoms. The first-order chi connectivity index (χ1) is 10.3. The highest BCUT2D eigenvalue weighted by Gasteiger charge is 2.11. The monoisotopic (exact) mass is 291 g/mol. The highest BCUT2D eigenvalue weighted by Crippen LogP contribution is 2.33. The summed E-state index contributed by atoms with van der Waals surface area (Å²) in [4.78, 5) is 12.4. The molecule has 0 saturated heterocycles. The fourth-order valence-corrected chi connectivity index (χ4v) is 3.28. The van der Waals surface area contributed by atoms with Crippen molar-refractivity contribution in [2.24, 2.45) is 0 Å². The molecule has 0 amide bonds. The van der Waals surface area contributed by atoms with Crippen molar-refractivity contribution in [2.45, 2.75) is 6.92 Å². The molecule has 0 fully saturated rings. The predicted molar refractivity (Wildman–Crippen MR) is 87.4 cm³/mol. The second-order valence-corrected chi connectivity index (χ2v) is 5.87. The molecule has 102 valence electrons. The summed E-state index contributed by atoms with van der Waals surface area (Å²) >= 11 is 1.66. The Bertz CT molecular complexity index is 906. The number of rotatable bonds is 2. The normalized spacial score (nSPS) is 11.1. The van der Waals surface area contributed by atoms with Crippen LogP contribution >= 0.6 is 11.3 Å². The summed E-state index contributed by atoms with van der Waals surface area (Å²) in [6.07, 6.45) is 3.87. The molecule has 3 aromatic heterocycles. The van der Waals surface area contributed by atoms with Crippen molar-refractivity contribution in [3.05, 3.63) is 59.7 Å². The van der Waals surface area contributed by atoms with Gasteiger partial charge in [0.15, 0.2) is 0 Å². The van der Waals surface area contributed by atoms with Crippen molar-refractivity contribution in [3.63, 3.8) is 0 Å². The number of aryl methyl sites for hydroxylation is 1. The highest BCUT2D eigenvalue weighted by atomic mass is 32.1. The SMILES string of the molecule is Cc1cnc2[nH]cc(-c3nc(-c4ccccc4)cs3)c2c1. The second kappa shape index (κ2) is 4.82. The molecule has 0 radical (unpaired) electrons. The number of nitrogens with one attached hydrogen (secondary N) is 1. The molecular weight excluding hydrogens is 278 g/mol. The Labute approximate surface area is 126 Å². The molecule has 3 nitrogen and oxygen atoms in total. The Hall–Kier alpha value is -2.46. The Morgan fingerprint density at radius 2 is 2.00 bits per heavy atom. The topological polar surface area (TPSA) is 41.6 Å². The van der Waals surface area contributed by atoms with Crippen molar-refractivity contribution in [1.29, 1.82) is 0 Å². The van der Waals surface area contributed by atoms with Gasteiger partial charge in [-0.3, -0.25) is 0 Å². The molecule has 0 atom stereocenters. The van der Waals surface area contributed by atoms with Crippen LogP contribution in [-0.2, 0) is 0 Å². The van der Waals surface area contributed by atoms with Crippen molar-refractivity contribution in [3.8, 4) is 21.8 Å². The molecule has 0 spiro atoms. The lowest BCUT2D eigenvalue weighted by Gasteiger charge is -1.96. The van der Waals surface area contributed by atoms with E-state index in [1.807, 2.05) is 30.6 Å². The molecular formula is C17H13N3S. The summed E-state index contributed by atoms with van der Waals surface area (Å²) in [5, 5.41) is 4.25. The summed E-state index contributed by atoms with van der Waals surface area (Å²) in [5.74, 6) is 0. The zero-order valence-electron chi connectivity index (χ0n) is 11.5. The van der Waals surface area contributed by atoms with Crippen LogP contribution in [0.5, 0.6) is 0 Å². The van der Waals surface area contributed by atoms with Gasteiger partial charge in [0.2, 0.25) is 0 Å². The van der Waals surface area contributed by atoms with Gasteiger partial charge in [0, 0.05) is 34.3 Å². The summed E-state index contributed by atoms with van der Waals surface area (Å²) in [5.41, 5.74) is 5.35. The van der Waals surface area contributed by atoms with Crippen LogP contribution in [0, 0.1) is 6.92 Å². The molecule has 0 unspecified atom stereocenters. The maximum atomic E-state index is 4.77. The molecule has 0 aliphatic heterocycles. The van der Waals surface area contributed by atoms with E-state index in [4.69, 9.17) is 4.98 Å². The molecule has 4 rings (SSSR count). The van der Waals surface area contributed by atoms with Crippen molar-refractivity contribution in [1.82, 2.24) is 15.0 Å². The molecule has 1 N–H and O–H groups in total. The van der Waals surface area contributed by atoms with Crippen LogP contribution in [0.1, 0.15) is 5.56 Å². The number of hydrogen-bond donors (Lipinski definition) is 1. The fourth-order valence-electron chi connectivity index (χ4n) is 2.42. The predicted octanol–water partition coefficient (Wildman–Crippen LogP) is 4.66. The van der Waals surface area contributed by atoms with Gasteiger partial charge in [-0.2, -0.15) is 0 Å². The Morgan fingerprint density at radius 1 is 1.14 bits per heavy atom. The zero-order valence-corrected chi connectivity index (χ0v) is 12.3. The van der Waals surface area contributed by atoms with Crippen LogP contribution < -0.4 is 0 Å². The van der Waals surface area contributed by atoms with Gasteiger partial charge >= 0.3 is 0 Å². The Kier molecular flexibility index (Phi) is 2.82. The number of hydrogen-bond acceptors (Lipinski definition) is 3. The van der Waals surface area contributed by atoms with E-state index in [9.17, 15) is 0 Å². The molecule has 21 heavy (non-hydrogen) atoms. The number of H-pyrrole nitrogens is 1. The molecule has 1 aromatic carbocycles. The largest absolute Gasteiger partial charge is 0.345 e. The third-order valence-electron chi connectivity index (χ3n) is 3.47. The third kappa shape index (κ3) is 2.14. The molecule has 0 aliphatic carbocycles. The Morgan fingerprint density at radius 3 is 2.86 bits per heavy atom.